The van der Waals surface area contributed by atoms with Crippen LogP contribution >= 0.6 is 0 Å². The Bertz CT molecular complexity index is 1440. The Kier molecular flexibility index (Phi) is 7.91. The van der Waals surface area contributed by atoms with Crippen molar-refractivity contribution in [2.24, 2.45) is 0 Å². The molecule has 1 N–H and O–H groups in total. The minimum absolute atomic E-state index is 0.0337. The molecule has 10 heteroatoms. The van der Waals surface area contributed by atoms with Gasteiger partial charge in [0.05, 0.1) is 35.0 Å². The smallest absolute Gasteiger partial charge is 0.416 e. The predicted octanol–water partition coefficient (Wildman–Crippen LogP) is 5.01. The van der Waals surface area contributed by atoms with Crippen molar-refractivity contribution in [2.45, 2.75) is 36.9 Å². The van der Waals surface area contributed by atoms with Crippen LogP contribution in [0.3, 0.4) is 0 Å². The summed E-state index contributed by atoms with van der Waals surface area (Å²) >= 11 is 0. The summed E-state index contributed by atoms with van der Waals surface area (Å²) in [5.41, 5.74) is 1.03. The number of nitrogens with zero attached hydrogens (tertiary/aromatic N) is 4. The number of carbonyl (C=O) groups is 1. The summed E-state index contributed by atoms with van der Waals surface area (Å²) < 4.78 is 45.2. The highest BCUT2D eigenvalue weighted by atomic mass is 19.4. The van der Waals surface area contributed by atoms with E-state index in [1.807, 2.05) is 54.4 Å². The van der Waals surface area contributed by atoms with Gasteiger partial charge in [0.2, 0.25) is 5.91 Å². The lowest BCUT2D eigenvalue weighted by Gasteiger charge is -2.42. The van der Waals surface area contributed by atoms with Crippen LogP contribution in [0, 0.1) is 11.3 Å². The Labute approximate surface area is 237 Å². The van der Waals surface area contributed by atoms with Gasteiger partial charge in [-0.05, 0) is 74.8 Å². The number of benzene rings is 2. The lowest BCUT2D eigenvalue weighted by Crippen LogP contribution is -2.54. The van der Waals surface area contributed by atoms with Crippen LogP contribution in [0.4, 0.5) is 18.9 Å². The number of likely N-dealkylation sites (N-methyl/N-ethyl adjacent to an activating group) is 1. The lowest BCUT2D eigenvalue weighted by atomic mass is 9.72. The van der Waals surface area contributed by atoms with Crippen LogP contribution in [0.5, 0.6) is 5.75 Å². The number of pyridine rings is 1. The van der Waals surface area contributed by atoms with Gasteiger partial charge in [0.15, 0.2) is 0 Å². The predicted molar refractivity (Wildman–Crippen MR) is 150 cm³/mol. The lowest BCUT2D eigenvalue weighted by molar-refractivity contribution is -0.137. The number of rotatable bonds is 6. The van der Waals surface area contributed by atoms with Crippen molar-refractivity contribution >= 4 is 11.6 Å². The Hall–Kier alpha value is -4.10. The monoisotopic (exact) mass is 563 g/mol. The van der Waals surface area contributed by atoms with E-state index >= 15 is 0 Å². The van der Waals surface area contributed by atoms with Gasteiger partial charge in [-0.15, -0.1) is 0 Å². The van der Waals surface area contributed by atoms with Gasteiger partial charge in [-0.1, -0.05) is 18.2 Å². The second kappa shape index (κ2) is 11.4. The highest BCUT2D eigenvalue weighted by Gasteiger charge is 2.44. The summed E-state index contributed by atoms with van der Waals surface area (Å²) in [6, 6.07) is 16.6. The van der Waals surface area contributed by atoms with Crippen molar-refractivity contribution in [2.75, 3.05) is 45.2 Å². The molecule has 0 radical (unpaired) electrons. The van der Waals surface area contributed by atoms with Crippen molar-refractivity contribution in [3.05, 3.63) is 77.5 Å². The van der Waals surface area contributed by atoms with E-state index in [0.717, 1.165) is 48.5 Å². The number of para-hydroxylation sites is 1. The molecular formula is C31H32F3N5O2. The maximum Gasteiger partial charge on any atom is 0.416 e. The first-order valence-electron chi connectivity index (χ1n) is 13.6. The number of anilines is 1. The highest BCUT2D eigenvalue weighted by Crippen LogP contribution is 2.40. The first-order valence-corrected chi connectivity index (χ1v) is 13.6. The fourth-order valence-corrected chi connectivity index (χ4v) is 5.92. The maximum absolute atomic E-state index is 14.0. The number of likely N-dealkylation sites (tertiary alicyclic amines) is 1. The molecule has 0 aliphatic carbocycles. The molecule has 5 rings (SSSR count). The molecule has 2 aliphatic rings. The van der Waals surface area contributed by atoms with E-state index in [-0.39, 0.29) is 17.5 Å². The SMILES string of the molecule is COc1ccccc1-c1ccc(C2(C(=O)N[C@H]3CCN(C)C3)CCN(c3ccc(C(F)(F)F)cc3C#N)CC2)cn1. The molecule has 0 saturated carbocycles. The number of ether oxygens (including phenoxy) is 1. The molecule has 1 amide bonds. The first kappa shape index (κ1) is 28.4. The molecule has 1 aromatic heterocycles. The fraction of sp³-hybridized carbons (Fsp3) is 0.387. The number of piperidine rings is 1. The van der Waals surface area contributed by atoms with Crippen LogP contribution in [-0.4, -0.2) is 62.2 Å². The van der Waals surface area contributed by atoms with Crippen LogP contribution in [0.1, 0.15) is 36.0 Å². The number of amides is 1. The number of nitriles is 1. The van der Waals surface area contributed by atoms with Crippen LogP contribution in [0.2, 0.25) is 0 Å². The van der Waals surface area contributed by atoms with Crippen molar-refractivity contribution in [1.29, 1.82) is 5.26 Å². The van der Waals surface area contributed by atoms with Crippen molar-refractivity contribution in [1.82, 2.24) is 15.2 Å². The zero-order valence-electron chi connectivity index (χ0n) is 23.0. The van der Waals surface area contributed by atoms with Gasteiger partial charge >= 0.3 is 6.18 Å². The zero-order valence-corrected chi connectivity index (χ0v) is 23.0. The number of hydrogen-bond donors (Lipinski definition) is 1. The maximum atomic E-state index is 14.0. The third-order valence-corrected chi connectivity index (χ3v) is 8.26. The molecule has 214 valence electrons. The number of aromatic nitrogens is 1. The summed E-state index contributed by atoms with van der Waals surface area (Å²) in [5, 5.41) is 12.9. The van der Waals surface area contributed by atoms with Gasteiger partial charge in [0, 0.05) is 37.4 Å². The Morgan fingerprint density at radius 3 is 2.49 bits per heavy atom. The Balaban J connectivity index is 1.44. The topological polar surface area (TPSA) is 81.5 Å². The summed E-state index contributed by atoms with van der Waals surface area (Å²) in [6.45, 7) is 2.47. The first-order chi connectivity index (χ1) is 19.6. The summed E-state index contributed by atoms with van der Waals surface area (Å²) in [5.74, 6) is 0.626. The number of hydrogen-bond acceptors (Lipinski definition) is 6. The van der Waals surface area contributed by atoms with Gasteiger partial charge in [0.1, 0.15) is 11.8 Å². The number of carbonyl (C=O) groups excluding carboxylic acids is 1. The van der Waals surface area contributed by atoms with E-state index in [4.69, 9.17) is 9.72 Å². The molecule has 0 bridgehead atoms. The van der Waals surface area contributed by atoms with Crippen LogP contribution in [0.25, 0.3) is 11.3 Å². The second-order valence-corrected chi connectivity index (χ2v) is 10.8. The van der Waals surface area contributed by atoms with Crippen molar-refractivity contribution < 1.29 is 22.7 Å². The van der Waals surface area contributed by atoms with Crippen LogP contribution < -0.4 is 15.0 Å². The van der Waals surface area contributed by atoms with E-state index in [9.17, 15) is 23.2 Å². The van der Waals surface area contributed by atoms with Crippen LogP contribution in [0.15, 0.2) is 60.8 Å². The molecule has 0 unspecified atom stereocenters. The average molecular weight is 564 g/mol. The molecule has 2 saturated heterocycles. The molecule has 2 fully saturated rings. The second-order valence-electron chi connectivity index (χ2n) is 10.8. The number of halogens is 3. The minimum atomic E-state index is -4.53. The van der Waals surface area contributed by atoms with Gasteiger partial charge in [-0.3, -0.25) is 9.78 Å². The average Bonchev–Trinajstić information content (AvgIpc) is 3.40. The quantitative estimate of drug-likeness (QED) is 0.455. The number of methoxy groups -OCH3 is 1. The largest absolute Gasteiger partial charge is 0.496 e. The standard InChI is InChI=1S/C31H32F3N5O2/c1-38-14-11-24(20-38)37-29(40)30(23-7-9-26(36-19-23)25-5-3-4-6-28(25)41-2)12-15-39(16-13-30)27-10-8-22(31(32,33)34)17-21(27)18-35/h3-10,17,19,24H,11-16,20H2,1-2H3,(H,37,40)/t24-/m0/s1. The zero-order chi connectivity index (χ0) is 29.2. The van der Waals surface area contributed by atoms with Gasteiger partial charge in [-0.2, -0.15) is 18.4 Å². The van der Waals surface area contributed by atoms with E-state index in [0.29, 0.717) is 37.4 Å². The highest BCUT2D eigenvalue weighted by molar-refractivity contribution is 5.89. The molecular weight excluding hydrogens is 531 g/mol. The normalized spacial score (nSPS) is 19.0. The molecule has 41 heavy (non-hydrogen) atoms. The van der Waals surface area contributed by atoms with E-state index in [1.165, 1.54) is 6.07 Å². The van der Waals surface area contributed by atoms with Crippen LogP contribution in [-0.2, 0) is 16.4 Å². The third kappa shape index (κ3) is 5.72. The summed E-state index contributed by atoms with van der Waals surface area (Å²) in [6.07, 6.45) is -1.08. The molecule has 3 aromatic rings. The van der Waals surface area contributed by atoms with Gasteiger partial charge < -0.3 is 19.9 Å². The van der Waals surface area contributed by atoms with E-state index in [1.54, 1.807) is 13.3 Å². The molecule has 1 atom stereocenters. The number of alkyl halides is 3. The molecule has 0 spiro atoms. The van der Waals surface area contributed by atoms with E-state index in [2.05, 4.69) is 10.2 Å². The van der Waals surface area contributed by atoms with Crippen molar-refractivity contribution in [3.63, 3.8) is 0 Å². The van der Waals surface area contributed by atoms with Gasteiger partial charge in [-0.25, -0.2) is 0 Å². The molecule has 2 aromatic carbocycles. The third-order valence-electron chi connectivity index (χ3n) is 8.26. The van der Waals surface area contributed by atoms with Gasteiger partial charge in [0.25, 0.3) is 0 Å². The van der Waals surface area contributed by atoms with Crippen molar-refractivity contribution in [3.8, 4) is 23.1 Å². The van der Waals surface area contributed by atoms with E-state index < -0.39 is 17.2 Å². The minimum Gasteiger partial charge on any atom is -0.496 e. The summed E-state index contributed by atoms with van der Waals surface area (Å²) in [7, 11) is 3.63. The number of nitrogens with one attached hydrogen (secondary N) is 1. The molecule has 7 nitrogen and oxygen atoms in total. The Morgan fingerprint density at radius 2 is 1.88 bits per heavy atom. The molecule has 2 aliphatic heterocycles. The fourth-order valence-electron chi connectivity index (χ4n) is 5.92. The molecule has 3 heterocycles. The summed E-state index contributed by atoms with van der Waals surface area (Å²) in [4.78, 5) is 22.8. The Morgan fingerprint density at radius 1 is 1.12 bits per heavy atom.